The van der Waals surface area contributed by atoms with Crippen molar-refractivity contribution in [3.05, 3.63) is 89.2 Å². The van der Waals surface area contributed by atoms with Crippen LogP contribution in [0.2, 0.25) is 0 Å². The number of carbonyl (C=O) groups excluding carboxylic acids is 1. The Kier molecular flexibility index (Phi) is 10.5. The molecule has 1 aliphatic carbocycles. The minimum Gasteiger partial charge on any atom is -0.512 e. The van der Waals surface area contributed by atoms with E-state index in [1.807, 2.05) is 33.8 Å². The summed E-state index contributed by atoms with van der Waals surface area (Å²) in [5.74, 6) is 0.547. The van der Waals surface area contributed by atoms with E-state index in [0.29, 0.717) is 0 Å². The first kappa shape index (κ1) is 31.7. The number of aliphatic hydroxyl groups excluding tert-OH is 1. The second-order valence-corrected chi connectivity index (χ2v) is 11.3. The number of benzene rings is 3. The molecule has 213 valence electrons. The predicted octanol–water partition coefficient (Wildman–Crippen LogP) is 9.67. The summed E-state index contributed by atoms with van der Waals surface area (Å²) < 4.78 is 0. The molecule has 0 aliphatic heterocycles. The van der Waals surface area contributed by atoms with Gasteiger partial charge >= 0.3 is 0 Å². The van der Waals surface area contributed by atoms with Gasteiger partial charge in [0, 0.05) is 43.4 Å². The average Bonchev–Trinajstić information content (AvgIpc) is 2.92. The average molecular weight is 713 g/mol. The topological polar surface area (TPSA) is 50.2 Å². The number of aromatic nitrogens is 1. The molecule has 1 heterocycles. The van der Waals surface area contributed by atoms with Crippen LogP contribution in [0, 0.1) is 24.8 Å². The van der Waals surface area contributed by atoms with Crippen LogP contribution in [0.15, 0.2) is 66.4 Å². The van der Waals surface area contributed by atoms with Gasteiger partial charge in [-0.1, -0.05) is 94.0 Å². The fourth-order valence-corrected chi connectivity index (χ4v) is 5.87. The van der Waals surface area contributed by atoms with Gasteiger partial charge in [-0.3, -0.25) is 9.78 Å². The molecule has 1 aliphatic rings. The summed E-state index contributed by atoms with van der Waals surface area (Å²) in [4.78, 5) is 16.8. The van der Waals surface area contributed by atoms with Crippen molar-refractivity contribution in [2.45, 2.75) is 79.6 Å². The summed E-state index contributed by atoms with van der Waals surface area (Å²) in [5.41, 5.74) is 7.14. The molecule has 0 fully saturated rings. The Balaban J connectivity index is 0.000000243. The molecule has 0 amide bonds. The molecule has 40 heavy (non-hydrogen) atoms. The summed E-state index contributed by atoms with van der Waals surface area (Å²) >= 11 is 0. The van der Waals surface area contributed by atoms with E-state index in [1.54, 1.807) is 0 Å². The van der Waals surface area contributed by atoms with Crippen molar-refractivity contribution < 1.29 is 30.0 Å². The minimum absolute atomic E-state index is 0. The van der Waals surface area contributed by atoms with Gasteiger partial charge in [-0.05, 0) is 55.8 Å². The van der Waals surface area contributed by atoms with E-state index in [0.717, 1.165) is 42.5 Å². The Morgan fingerprint density at radius 2 is 1.60 bits per heavy atom. The van der Waals surface area contributed by atoms with Crippen molar-refractivity contribution in [3.63, 3.8) is 0 Å². The molecule has 3 nitrogen and oxygen atoms in total. The van der Waals surface area contributed by atoms with Gasteiger partial charge in [-0.25, -0.2) is 0 Å². The third-order valence-electron chi connectivity index (χ3n) is 8.47. The SMILES string of the molecule is CCC(CC)C(=O)/C=C(\O)C(CC)CC.Cc1ccc2nc3c(cc2c1)C(C)(C)c1cccc2cc[c-]c-3c12.[Ir]. The van der Waals surface area contributed by atoms with Crippen molar-refractivity contribution >= 4 is 27.5 Å². The largest absolute Gasteiger partial charge is 0.512 e. The van der Waals surface area contributed by atoms with Crippen molar-refractivity contribution in [1.82, 2.24) is 4.98 Å². The van der Waals surface area contributed by atoms with Crippen LogP contribution < -0.4 is 0 Å². The van der Waals surface area contributed by atoms with E-state index in [1.165, 1.54) is 38.9 Å². The molecule has 0 atom stereocenters. The maximum absolute atomic E-state index is 11.7. The normalized spacial score (nSPS) is 13.6. The van der Waals surface area contributed by atoms with Gasteiger partial charge in [0.05, 0.1) is 11.3 Å². The number of hydrogen-bond acceptors (Lipinski definition) is 3. The molecule has 3 aromatic carbocycles. The van der Waals surface area contributed by atoms with Crippen LogP contribution in [-0.4, -0.2) is 15.9 Å². The molecule has 0 saturated heterocycles. The number of pyridine rings is 1. The maximum Gasteiger partial charge on any atom is 0.162 e. The second-order valence-electron chi connectivity index (χ2n) is 11.3. The molecule has 0 spiro atoms. The fraction of sp³-hybridized carbons (Fsp3) is 0.389. The molecule has 1 aromatic heterocycles. The summed E-state index contributed by atoms with van der Waals surface area (Å²) in [7, 11) is 0. The Bertz CT molecular complexity index is 1520. The summed E-state index contributed by atoms with van der Waals surface area (Å²) in [6.45, 7) is 14.8. The number of fused-ring (bicyclic) bond motifs is 3. The molecule has 4 heteroatoms. The zero-order valence-electron chi connectivity index (χ0n) is 24.9. The van der Waals surface area contributed by atoms with Gasteiger partial charge in [-0.15, -0.1) is 29.1 Å². The second kappa shape index (κ2) is 13.2. The number of ketones is 1. The van der Waals surface area contributed by atoms with Gasteiger partial charge in [-0.2, -0.15) is 0 Å². The zero-order valence-corrected chi connectivity index (χ0v) is 27.3. The van der Waals surface area contributed by atoms with E-state index in [2.05, 4.69) is 75.4 Å². The van der Waals surface area contributed by atoms with E-state index >= 15 is 0 Å². The molecule has 5 rings (SSSR count). The van der Waals surface area contributed by atoms with Gasteiger partial charge < -0.3 is 5.11 Å². The summed E-state index contributed by atoms with van der Waals surface area (Å²) in [6, 6.07) is 23.0. The maximum atomic E-state index is 11.7. The Hall–Kier alpha value is -2.81. The van der Waals surface area contributed by atoms with Crippen molar-refractivity contribution in [3.8, 4) is 11.3 Å². The number of aryl methyl sites for hydroxylation is 1. The third kappa shape index (κ3) is 6.09. The number of nitrogens with zero attached hydrogens (tertiary/aromatic N) is 1. The molecule has 1 radical (unpaired) electrons. The molecule has 0 saturated carbocycles. The molecule has 0 unspecified atom stereocenters. The van der Waals surface area contributed by atoms with Crippen LogP contribution in [0.1, 0.15) is 83.9 Å². The van der Waals surface area contributed by atoms with Gasteiger partial charge in [0.15, 0.2) is 5.78 Å². The molecule has 4 aromatic rings. The minimum atomic E-state index is -0.0675. The fourth-order valence-electron chi connectivity index (χ4n) is 5.87. The third-order valence-corrected chi connectivity index (χ3v) is 8.47. The quantitative estimate of drug-likeness (QED) is 0.118. The first-order valence-electron chi connectivity index (χ1n) is 14.5. The van der Waals surface area contributed by atoms with Crippen LogP contribution in [0.3, 0.4) is 0 Å². The number of carbonyl (C=O) groups is 1. The van der Waals surface area contributed by atoms with Gasteiger partial charge in [0.25, 0.3) is 0 Å². The monoisotopic (exact) mass is 713 g/mol. The Labute approximate surface area is 253 Å². The predicted molar refractivity (Wildman–Crippen MR) is 164 cm³/mol. The number of aliphatic hydroxyl groups is 1. The van der Waals surface area contributed by atoms with Crippen LogP contribution in [0.25, 0.3) is 32.9 Å². The van der Waals surface area contributed by atoms with Crippen LogP contribution >= 0.6 is 0 Å². The van der Waals surface area contributed by atoms with E-state index in [-0.39, 0.29) is 48.9 Å². The van der Waals surface area contributed by atoms with E-state index < -0.39 is 0 Å². The number of hydrogen-bond donors (Lipinski definition) is 1. The zero-order chi connectivity index (χ0) is 28.3. The number of rotatable bonds is 7. The smallest absolute Gasteiger partial charge is 0.162 e. The summed E-state index contributed by atoms with van der Waals surface area (Å²) in [6.07, 6.45) is 4.91. The molecular weight excluding hydrogens is 671 g/mol. The Morgan fingerprint density at radius 3 is 2.25 bits per heavy atom. The molecule has 1 N–H and O–H groups in total. The van der Waals surface area contributed by atoms with Crippen molar-refractivity contribution in [1.29, 1.82) is 0 Å². The van der Waals surface area contributed by atoms with Crippen LogP contribution in [-0.2, 0) is 30.3 Å². The van der Waals surface area contributed by atoms with Gasteiger partial charge in [0.2, 0.25) is 0 Å². The standard InChI is InChI=1S/C23H18N.C13H24O2.Ir/c1-14-10-11-20-16(12-14)13-19-22(24-20)17-8-4-6-15-7-5-9-18(21(15)17)23(19,2)3;1-5-10(6-2)12(14)9-13(15)11(7-3)8-4;/h4-7,9-13H,1-3H3;9-11,14H,5-8H2,1-4H3;/q-1;;/b;12-9-;. The summed E-state index contributed by atoms with van der Waals surface area (Å²) in [5, 5.41) is 13.5. The van der Waals surface area contributed by atoms with Crippen molar-refractivity contribution in [2.75, 3.05) is 0 Å². The van der Waals surface area contributed by atoms with E-state index in [4.69, 9.17) is 4.98 Å². The number of allylic oxidation sites excluding steroid dienone is 2. The Morgan fingerprint density at radius 1 is 0.925 bits per heavy atom. The molecule has 0 bridgehead atoms. The van der Waals surface area contributed by atoms with Crippen molar-refractivity contribution in [2.24, 2.45) is 11.8 Å². The first-order valence-corrected chi connectivity index (χ1v) is 14.5. The van der Waals surface area contributed by atoms with Crippen LogP contribution in [0.5, 0.6) is 0 Å². The van der Waals surface area contributed by atoms with Crippen LogP contribution in [0.4, 0.5) is 0 Å². The van der Waals surface area contributed by atoms with Gasteiger partial charge in [0.1, 0.15) is 0 Å². The van der Waals surface area contributed by atoms with E-state index in [9.17, 15) is 9.90 Å². The first-order chi connectivity index (χ1) is 18.7. The molecular formula is C36H42IrNO2-.